The first kappa shape index (κ1) is 16.9. The highest BCUT2D eigenvalue weighted by molar-refractivity contribution is 5.97. The highest BCUT2D eigenvalue weighted by Crippen LogP contribution is 2.34. The summed E-state index contributed by atoms with van der Waals surface area (Å²) in [5, 5.41) is 2.90. The number of rotatable bonds is 5. The number of allylic oxidation sites excluding steroid dienone is 1. The number of anilines is 1. The van der Waals surface area contributed by atoms with Gasteiger partial charge in [-0.15, -0.1) is 0 Å². The number of fused-ring (bicyclic) bond motifs is 1. The zero-order valence-electron chi connectivity index (χ0n) is 14.8. The molecule has 1 aromatic carbocycles. The minimum atomic E-state index is -0.298. The molecule has 0 saturated carbocycles. The van der Waals surface area contributed by atoms with E-state index in [1.807, 2.05) is 4.90 Å². The Balaban J connectivity index is 1.31. The molecule has 2 amide bonds. The Morgan fingerprint density at radius 3 is 2.96 bits per heavy atom. The molecule has 1 aromatic rings. The SMILES string of the molecule is O=C(Nc1ccc2c(c1)OCO2)C1CC(=O)N(CCC2=CCCCC2)C1. The first-order valence-electron chi connectivity index (χ1n) is 9.35. The van der Waals surface area contributed by atoms with Gasteiger partial charge in [0.05, 0.1) is 5.92 Å². The average Bonchev–Trinajstić information content (AvgIpc) is 3.27. The van der Waals surface area contributed by atoms with Crippen LogP contribution >= 0.6 is 0 Å². The summed E-state index contributed by atoms with van der Waals surface area (Å²) in [6.45, 7) is 1.43. The van der Waals surface area contributed by atoms with Gasteiger partial charge in [-0.3, -0.25) is 9.59 Å². The molecule has 0 radical (unpaired) electrons. The number of ether oxygens (including phenoxy) is 2. The highest BCUT2D eigenvalue weighted by Gasteiger charge is 2.34. The van der Waals surface area contributed by atoms with Crippen LogP contribution in [0.25, 0.3) is 0 Å². The Kier molecular flexibility index (Phi) is 4.82. The van der Waals surface area contributed by atoms with Gasteiger partial charge in [0.15, 0.2) is 11.5 Å². The maximum absolute atomic E-state index is 12.5. The molecule has 1 unspecified atom stereocenters. The van der Waals surface area contributed by atoms with Gasteiger partial charge in [0.2, 0.25) is 18.6 Å². The Bertz CT molecular complexity index is 743. The number of likely N-dealkylation sites (tertiary alicyclic amines) is 1. The van der Waals surface area contributed by atoms with Gasteiger partial charge in [-0.1, -0.05) is 11.6 Å². The lowest BCUT2D eigenvalue weighted by atomic mass is 9.97. The number of nitrogens with one attached hydrogen (secondary N) is 1. The van der Waals surface area contributed by atoms with Crippen molar-refractivity contribution < 1.29 is 19.1 Å². The lowest BCUT2D eigenvalue weighted by Gasteiger charge is -2.19. The maximum atomic E-state index is 12.5. The fourth-order valence-corrected chi connectivity index (χ4v) is 3.79. The summed E-state index contributed by atoms with van der Waals surface area (Å²) in [7, 11) is 0. The number of amides is 2. The molecular formula is C20H24N2O4. The van der Waals surface area contributed by atoms with Crippen molar-refractivity contribution in [1.82, 2.24) is 4.90 Å². The molecule has 4 rings (SSSR count). The predicted octanol–water partition coefficient (Wildman–Crippen LogP) is 3.09. The van der Waals surface area contributed by atoms with Gasteiger partial charge >= 0.3 is 0 Å². The normalized spacial score (nSPS) is 21.7. The van der Waals surface area contributed by atoms with Crippen LogP contribution in [-0.2, 0) is 9.59 Å². The van der Waals surface area contributed by atoms with Gasteiger partial charge in [-0.2, -0.15) is 0 Å². The zero-order valence-corrected chi connectivity index (χ0v) is 14.8. The van der Waals surface area contributed by atoms with E-state index < -0.39 is 0 Å². The Hall–Kier alpha value is -2.50. The first-order valence-corrected chi connectivity index (χ1v) is 9.35. The van der Waals surface area contributed by atoms with Crippen molar-refractivity contribution in [3.63, 3.8) is 0 Å². The molecule has 3 aliphatic rings. The van der Waals surface area contributed by atoms with Crippen molar-refractivity contribution in [2.24, 2.45) is 5.92 Å². The topological polar surface area (TPSA) is 67.9 Å². The number of carbonyl (C=O) groups is 2. The fourth-order valence-electron chi connectivity index (χ4n) is 3.79. The molecule has 138 valence electrons. The fraction of sp³-hybridized carbons (Fsp3) is 0.500. The second-order valence-corrected chi connectivity index (χ2v) is 7.16. The molecule has 0 aromatic heterocycles. The molecular weight excluding hydrogens is 332 g/mol. The van der Waals surface area contributed by atoms with Crippen LogP contribution in [0, 0.1) is 5.92 Å². The minimum Gasteiger partial charge on any atom is -0.454 e. The number of nitrogens with zero attached hydrogens (tertiary/aromatic N) is 1. The van der Waals surface area contributed by atoms with Crippen molar-refractivity contribution in [3.05, 3.63) is 29.8 Å². The van der Waals surface area contributed by atoms with Crippen LogP contribution in [0.5, 0.6) is 11.5 Å². The number of hydrogen-bond acceptors (Lipinski definition) is 4. The van der Waals surface area contributed by atoms with E-state index in [-0.39, 0.29) is 30.9 Å². The molecule has 6 nitrogen and oxygen atoms in total. The third-order valence-corrected chi connectivity index (χ3v) is 5.31. The summed E-state index contributed by atoms with van der Waals surface area (Å²) in [5.74, 6) is 0.979. The monoisotopic (exact) mass is 356 g/mol. The lowest BCUT2D eigenvalue weighted by molar-refractivity contribution is -0.128. The smallest absolute Gasteiger partial charge is 0.231 e. The third-order valence-electron chi connectivity index (χ3n) is 5.31. The lowest BCUT2D eigenvalue weighted by Crippen LogP contribution is -2.29. The van der Waals surface area contributed by atoms with Gasteiger partial charge in [0.1, 0.15) is 0 Å². The minimum absolute atomic E-state index is 0.0762. The van der Waals surface area contributed by atoms with E-state index in [4.69, 9.17) is 9.47 Å². The van der Waals surface area contributed by atoms with E-state index in [2.05, 4.69) is 11.4 Å². The molecule has 1 fully saturated rings. The molecule has 0 bridgehead atoms. The van der Waals surface area contributed by atoms with Crippen LogP contribution in [0.1, 0.15) is 38.5 Å². The van der Waals surface area contributed by atoms with Crippen molar-refractivity contribution in [1.29, 1.82) is 0 Å². The van der Waals surface area contributed by atoms with Crippen LogP contribution in [0.15, 0.2) is 29.8 Å². The second-order valence-electron chi connectivity index (χ2n) is 7.16. The van der Waals surface area contributed by atoms with E-state index in [1.54, 1.807) is 18.2 Å². The number of carbonyl (C=O) groups excluding carboxylic acids is 2. The summed E-state index contributed by atoms with van der Waals surface area (Å²) in [6.07, 6.45) is 8.36. The third kappa shape index (κ3) is 3.69. The second kappa shape index (κ2) is 7.40. The Morgan fingerprint density at radius 2 is 2.12 bits per heavy atom. The summed E-state index contributed by atoms with van der Waals surface area (Å²) in [6, 6.07) is 5.32. The maximum Gasteiger partial charge on any atom is 0.231 e. The average molecular weight is 356 g/mol. The zero-order chi connectivity index (χ0) is 17.9. The van der Waals surface area contributed by atoms with E-state index in [9.17, 15) is 9.59 Å². The molecule has 26 heavy (non-hydrogen) atoms. The number of hydrogen-bond donors (Lipinski definition) is 1. The van der Waals surface area contributed by atoms with E-state index >= 15 is 0 Å². The Labute approximate surface area is 153 Å². The van der Waals surface area contributed by atoms with Gasteiger partial charge in [-0.25, -0.2) is 0 Å². The molecule has 0 spiro atoms. The molecule has 1 saturated heterocycles. The molecule has 2 heterocycles. The predicted molar refractivity (Wildman–Crippen MR) is 97.0 cm³/mol. The van der Waals surface area contributed by atoms with Crippen LogP contribution in [0.3, 0.4) is 0 Å². The van der Waals surface area contributed by atoms with E-state index in [1.165, 1.54) is 18.4 Å². The molecule has 1 atom stereocenters. The number of benzene rings is 1. The van der Waals surface area contributed by atoms with Crippen molar-refractivity contribution in [2.45, 2.75) is 38.5 Å². The first-order chi connectivity index (χ1) is 12.7. The van der Waals surface area contributed by atoms with Gasteiger partial charge < -0.3 is 19.7 Å². The summed E-state index contributed by atoms with van der Waals surface area (Å²) >= 11 is 0. The van der Waals surface area contributed by atoms with Crippen LogP contribution in [-0.4, -0.2) is 36.6 Å². The van der Waals surface area contributed by atoms with Gasteiger partial charge in [0, 0.05) is 31.3 Å². The van der Waals surface area contributed by atoms with Crippen LogP contribution in [0.4, 0.5) is 5.69 Å². The quantitative estimate of drug-likeness (QED) is 0.823. The van der Waals surface area contributed by atoms with Crippen LogP contribution < -0.4 is 14.8 Å². The summed E-state index contributed by atoms with van der Waals surface area (Å²) in [5.41, 5.74) is 2.12. The summed E-state index contributed by atoms with van der Waals surface area (Å²) < 4.78 is 10.6. The summed E-state index contributed by atoms with van der Waals surface area (Å²) in [4.78, 5) is 26.6. The van der Waals surface area contributed by atoms with Crippen LogP contribution in [0.2, 0.25) is 0 Å². The Morgan fingerprint density at radius 1 is 1.23 bits per heavy atom. The van der Waals surface area contributed by atoms with Crippen molar-refractivity contribution in [2.75, 3.05) is 25.2 Å². The largest absolute Gasteiger partial charge is 0.454 e. The standard InChI is InChI=1S/C20H24N2O4/c23-19-10-15(12-22(19)9-8-14-4-2-1-3-5-14)20(24)21-16-6-7-17-18(11-16)26-13-25-17/h4,6-7,11,15H,1-3,5,8-10,12-13H2,(H,21,24). The van der Waals surface area contributed by atoms with Crippen molar-refractivity contribution in [3.8, 4) is 11.5 Å². The molecule has 1 aliphatic carbocycles. The van der Waals surface area contributed by atoms with E-state index in [0.717, 1.165) is 25.8 Å². The molecule has 2 aliphatic heterocycles. The van der Waals surface area contributed by atoms with Gasteiger partial charge in [0.25, 0.3) is 0 Å². The van der Waals surface area contributed by atoms with Crippen molar-refractivity contribution >= 4 is 17.5 Å². The highest BCUT2D eigenvalue weighted by atomic mass is 16.7. The van der Waals surface area contributed by atoms with Gasteiger partial charge in [-0.05, 0) is 44.2 Å². The van der Waals surface area contributed by atoms with E-state index in [0.29, 0.717) is 23.7 Å². The molecule has 6 heteroatoms. The molecule has 1 N–H and O–H groups in total.